The van der Waals surface area contributed by atoms with Gasteiger partial charge in [0.2, 0.25) is 0 Å². The standard InChI is InChI=1S/C23H15ClN4O3/c24-20-7-3-1-6-18(20)22-13-19(17-5-2-4-8-21(17)26-22)23(29)27-25-14-15-9-11-16(12-10-15)28(30)31/h1-14H,(H,27,29)/b25-14+. The Labute approximate surface area is 182 Å². The van der Waals surface area contributed by atoms with Gasteiger partial charge >= 0.3 is 0 Å². The molecule has 31 heavy (non-hydrogen) atoms. The molecule has 1 N–H and O–H groups in total. The van der Waals surface area contributed by atoms with Crippen molar-refractivity contribution < 1.29 is 9.72 Å². The summed E-state index contributed by atoms with van der Waals surface area (Å²) in [4.78, 5) is 27.8. The number of nitrogens with zero attached hydrogens (tertiary/aromatic N) is 3. The molecule has 152 valence electrons. The molecule has 8 heteroatoms. The maximum absolute atomic E-state index is 12.9. The topological polar surface area (TPSA) is 97.5 Å². The van der Waals surface area contributed by atoms with Gasteiger partial charge < -0.3 is 0 Å². The fourth-order valence-electron chi connectivity index (χ4n) is 3.08. The number of nitro benzene ring substituents is 1. The quantitative estimate of drug-likeness (QED) is 0.266. The van der Waals surface area contributed by atoms with E-state index in [0.29, 0.717) is 32.7 Å². The van der Waals surface area contributed by atoms with Gasteiger partial charge in [-0.15, -0.1) is 0 Å². The Morgan fingerprint density at radius 1 is 1.03 bits per heavy atom. The molecule has 0 saturated carbocycles. The van der Waals surface area contributed by atoms with Crippen LogP contribution in [0.15, 0.2) is 84.0 Å². The third kappa shape index (κ3) is 4.41. The Morgan fingerprint density at radius 3 is 2.48 bits per heavy atom. The molecule has 0 aliphatic heterocycles. The minimum Gasteiger partial charge on any atom is -0.267 e. The van der Waals surface area contributed by atoms with E-state index in [2.05, 4.69) is 15.5 Å². The molecule has 3 aromatic carbocycles. The molecule has 0 atom stereocenters. The number of rotatable bonds is 5. The summed E-state index contributed by atoms with van der Waals surface area (Å²) in [5.41, 5.74) is 5.46. The van der Waals surface area contributed by atoms with Crippen LogP contribution < -0.4 is 5.43 Å². The number of aromatic nitrogens is 1. The maximum atomic E-state index is 12.9. The van der Waals surface area contributed by atoms with Crippen LogP contribution in [0.1, 0.15) is 15.9 Å². The highest BCUT2D eigenvalue weighted by Crippen LogP contribution is 2.29. The summed E-state index contributed by atoms with van der Waals surface area (Å²) < 4.78 is 0. The summed E-state index contributed by atoms with van der Waals surface area (Å²) in [6.45, 7) is 0. The number of carbonyl (C=O) groups is 1. The van der Waals surface area contributed by atoms with Crippen LogP contribution in [0.3, 0.4) is 0 Å². The lowest BCUT2D eigenvalue weighted by Gasteiger charge is -2.10. The SMILES string of the molecule is O=C(N/N=C/c1ccc([N+](=O)[O-])cc1)c1cc(-c2ccccc2Cl)nc2ccccc12. The molecule has 1 aromatic heterocycles. The molecular weight excluding hydrogens is 416 g/mol. The highest BCUT2D eigenvalue weighted by atomic mass is 35.5. The van der Waals surface area contributed by atoms with Gasteiger partial charge in [0.15, 0.2) is 0 Å². The first-order chi connectivity index (χ1) is 15.0. The number of carbonyl (C=O) groups excluding carboxylic acids is 1. The van der Waals surface area contributed by atoms with Crippen molar-refractivity contribution in [1.29, 1.82) is 0 Å². The Kier molecular flexibility index (Phi) is 5.68. The van der Waals surface area contributed by atoms with Crippen molar-refractivity contribution in [2.75, 3.05) is 0 Å². The van der Waals surface area contributed by atoms with Gasteiger partial charge in [0.1, 0.15) is 0 Å². The van der Waals surface area contributed by atoms with Crippen molar-refractivity contribution in [1.82, 2.24) is 10.4 Å². The van der Waals surface area contributed by atoms with E-state index in [-0.39, 0.29) is 5.69 Å². The minimum absolute atomic E-state index is 0.0171. The van der Waals surface area contributed by atoms with Crippen LogP contribution in [0.25, 0.3) is 22.2 Å². The fraction of sp³-hybridized carbons (Fsp3) is 0. The Bertz CT molecular complexity index is 1320. The van der Waals surface area contributed by atoms with Crippen molar-refractivity contribution >= 4 is 40.3 Å². The minimum atomic E-state index is -0.478. The van der Waals surface area contributed by atoms with Gasteiger partial charge in [-0.05, 0) is 35.9 Å². The monoisotopic (exact) mass is 430 g/mol. The molecule has 1 heterocycles. The van der Waals surface area contributed by atoms with Gasteiger partial charge in [0, 0.05) is 28.1 Å². The number of hydrogen-bond donors (Lipinski definition) is 1. The number of pyridine rings is 1. The van der Waals surface area contributed by atoms with Gasteiger partial charge in [-0.3, -0.25) is 14.9 Å². The van der Waals surface area contributed by atoms with E-state index >= 15 is 0 Å². The summed E-state index contributed by atoms with van der Waals surface area (Å²) in [6.07, 6.45) is 1.42. The molecule has 0 aliphatic rings. The zero-order valence-electron chi connectivity index (χ0n) is 16.0. The lowest BCUT2D eigenvalue weighted by atomic mass is 10.0. The Morgan fingerprint density at radius 2 is 1.74 bits per heavy atom. The number of amides is 1. The summed E-state index contributed by atoms with van der Waals surface area (Å²) in [6, 6.07) is 22.1. The first-order valence-corrected chi connectivity index (χ1v) is 9.63. The molecule has 0 fully saturated rings. The summed E-state index contributed by atoms with van der Waals surface area (Å²) >= 11 is 6.32. The maximum Gasteiger partial charge on any atom is 0.272 e. The number of fused-ring (bicyclic) bond motifs is 1. The van der Waals surface area contributed by atoms with Crippen LogP contribution in [0.2, 0.25) is 5.02 Å². The van der Waals surface area contributed by atoms with E-state index < -0.39 is 10.8 Å². The number of non-ortho nitro benzene ring substituents is 1. The molecule has 0 spiro atoms. The lowest BCUT2D eigenvalue weighted by molar-refractivity contribution is -0.384. The van der Waals surface area contributed by atoms with Crippen LogP contribution in [0.5, 0.6) is 0 Å². The van der Waals surface area contributed by atoms with Gasteiger partial charge in [0.05, 0.1) is 27.9 Å². The molecule has 0 unspecified atom stereocenters. The third-order valence-corrected chi connectivity index (χ3v) is 4.92. The van der Waals surface area contributed by atoms with Crippen LogP contribution in [-0.2, 0) is 0 Å². The van der Waals surface area contributed by atoms with Gasteiger partial charge in [-0.2, -0.15) is 5.10 Å². The summed E-state index contributed by atoms with van der Waals surface area (Å²) in [7, 11) is 0. The zero-order valence-corrected chi connectivity index (χ0v) is 16.8. The van der Waals surface area contributed by atoms with Crippen molar-refractivity contribution in [3.05, 3.63) is 105 Å². The van der Waals surface area contributed by atoms with E-state index in [9.17, 15) is 14.9 Å². The average Bonchev–Trinajstić information content (AvgIpc) is 2.79. The highest BCUT2D eigenvalue weighted by molar-refractivity contribution is 6.33. The van der Waals surface area contributed by atoms with Crippen molar-refractivity contribution in [2.45, 2.75) is 0 Å². The van der Waals surface area contributed by atoms with Crippen molar-refractivity contribution in [3.63, 3.8) is 0 Å². The molecule has 1 amide bonds. The van der Waals surface area contributed by atoms with E-state index in [4.69, 9.17) is 11.6 Å². The normalized spacial score (nSPS) is 11.0. The lowest BCUT2D eigenvalue weighted by Crippen LogP contribution is -2.18. The number of para-hydroxylation sites is 1. The van der Waals surface area contributed by atoms with Gasteiger partial charge in [-0.1, -0.05) is 48.0 Å². The number of hydrazone groups is 1. The van der Waals surface area contributed by atoms with E-state index in [0.717, 1.165) is 5.56 Å². The molecular formula is C23H15ClN4O3. The number of benzene rings is 3. The number of hydrogen-bond acceptors (Lipinski definition) is 5. The second kappa shape index (κ2) is 8.73. The van der Waals surface area contributed by atoms with E-state index in [1.165, 1.54) is 18.3 Å². The predicted octanol–water partition coefficient (Wildman–Crippen LogP) is 5.23. The average molecular weight is 431 g/mol. The van der Waals surface area contributed by atoms with Crippen LogP contribution in [-0.4, -0.2) is 22.0 Å². The van der Waals surface area contributed by atoms with Crippen molar-refractivity contribution in [2.24, 2.45) is 5.10 Å². The van der Waals surface area contributed by atoms with Gasteiger partial charge in [0.25, 0.3) is 11.6 Å². The predicted molar refractivity (Wildman–Crippen MR) is 120 cm³/mol. The molecule has 0 bridgehead atoms. The molecule has 4 aromatic rings. The van der Waals surface area contributed by atoms with Crippen molar-refractivity contribution in [3.8, 4) is 11.3 Å². The third-order valence-electron chi connectivity index (χ3n) is 4.59. The second-order valence-electron chi connectivity index (χ2n) is 6.60. The number of halogens is 1. The first kappa shape index (κ1) is 20.2. The van der Waals surface area contributed by atoms with Crippen LogP contribution in [0.4, 0.5) is 5.69 Å². The largest absolute Gasteiger partial charge is 0.272 e. The smallest absolute Gasteiger partial charge is 0.267 e. The second-order valence-corrected chi connectivity index (χ2v) is 7.01. The summed E-state index contributed by atoms with van der Waals surface area (Å²) in [5.74, 6) is -0.412. The van der Waals surface area contributed by atoms with E-state index in [1.54, 1.807) is 24.3 Å². The van der Waals surface area contributed by atoms with Gasteiger partial charge in [-0.25, -0.2) is 10.4 Å². The molecule has 0 radical (unpaired) electrons. The van der Waals surface area contributed by atoms with Crippen LogP contribution >= 0.6 is 11.6 Å². The Balaban J connectivity index is 1.64. The molecule has 7 nitrogen and oxygen atoms in total. The molecule has 0 aliphatic carbocycles. The van der Waals surface area contributed by atoms with E-state index in [1.807, 2.05) is 42.5 Å². The zero-order chi connectivity index (χ0) is 21.8. The Hall–Kier alpha value is -4.10. The fourth-order valence-corrected chi connectivity index (χ4v) is 3.31. The highest BCUT2D eigenvalue weighted by Gasteiger charge is 2.14. The number of nitrogens with one attached hydrogen (secondary N) is 1. The number of nitro groups is 1. The molecule has 0 saturated heterocycles. The summed E-state index contributed by atoms with van der Waals surface area (Å²) in [5, 5.41) is 15.9. The van der Waals surface area contributed by atoms with Crippen LogP contribution in [0, 0.1) is 10.1 Å². The molecule has 4 rings (SSSR count). The first-order valence-electron chi connectivity index (χ1n) is 9.25.